The number of fused-ring (bicyclic) bond motifs is 1. The van der Waals surface area contributed by atoms with Gasteiger partial charge in [-0.2, -0.15) is 24.9 Å². The molecule has 0 saturated heterocycles. The van der Waals surface area contributed by atoms with Gasteiger partial charge in [0.1, 0.15) is 11.3 Å². The number of nitrogens with zero attached hydrogens (tertiary/aromatic N) is 4. The Hall–Kier alpha value is -1.79. The molecule has 0 spiro atoms. The van der Waals surface area contributed by atoms with Crippen LogP contribution >= 0.6 is 11.8 Å². The first kappa shape index (κ1) is 25.5. The maximum absolute atomic E-state index is 13.6. The molecule has 1 amide bonds. The highest BCUT2D eigenvalue weighted by molar-refractivity contribution is 7.98. The highest BCUT2D eigenvalue weighted by atomic mass is 32.2. The number of halogens is 3. The van der Waals surface area contributed by atoms with Crippen molar-refractivity contribution in [3.8, 4) is 0 Å². The van der Waals surface area contributed by atoms with Crippen LogP contribution in [0.25, 0.3) is 0 Å². The maximum atomic E-state index is 13.6. The molecule has 12 heteroatoms. The molecule has 8 nitrogen and oxygen atoms in total. The molecule has 176 valence electrons. The van der Waals surface area contributed by atoms with Gasteiger partial charge in [0.05, 0.1) is 18.3 Å². The van der Waals surface area contributed by atoms with Gasteiger partial charge in [-0.25, -0.2) is 20.2 Å². The van der Waals surface area contributed by atoms with Crippen LogP contribution in [0.2, 0.25) is 0 Å². The van der Waals surface area contributed by atoms with Crippen molar-refractivity contribution in [2.24, 2.45) is 0 Å². The average molecular weight is 466 g/mol. The van der Waals surface area contributed by atoms with Crippen LogP contribution in [0.1, 0.15) is 49.2 Å². The van der Waals surface area contributed by atoms with Crippen LogP contribution in [0.5, 0.6) is 0 Å². The van der Waals surface area contributed by atoms with E-state index in [9.17, 15) is 22.8 Å². The van der Waals surface area contributed by atoms with Gasteiger partial charge in [0.15, 0.2) is 0 Å². The van der Waals surface area contributed by atoms with Crippen molar-refractivity contribution in [3.63, 3.8) is 0 Å². The van der Waals surface area contributed by atoms with E-state index in [1.807, 2.05) is 6.26 Å². The number of nitrogens with one attached hydrogen (secondary N) is 1. The molecule has 0 aliphatic carbocycles. The lowest BCUT2D eigenvalue weighted by molar-refractivity contribution is -0.147. The zero-order valence-corrected chi connectivity index (χ0v) is 19.5. The second-order valence-electron chi connectivity index (χ2n) is 8.50. The Morgan fingerprint density at radius 3 is 2.42 bits per heavy atom. The molecule has 1 N–H and O–H groups in total. The number of ether oxygens (including phenoxy) is 1. The van der Waals surface area contributed by atoms with Gasteiger partial charge in [0.2, 0.25) is 11.6 Å². The number of aromatic nitrogens is 2. The largest absolute Gasteiger partial charge is 0.449 e. The summed E-state index contributed by atoms with van der Waals surface area (Å²) in [5.41, 5.74) is 2.03. The Balaban J connectivity index is 2.43. The summed E-state index contributed by atoms with van der Waals surface area (Å²) in [5.74, 6) is -1.01. The monoisotopic (exact) mass is 465 g/mol. The summed E-state index contributed by atoms with van der Waals surface area (Å²) in [4.78, 5) is 30.7. The van der Waals surface area contributed by atoms with Crippen molar-refractivity contribution >= 4 is 23.6 Å². The molecule has 1 aromatic heterocycles. The molecular weight excluding hydrogens is 435 g/mol. The number of Topliss-reactive ketones (excluding diaryl/α,β-unsaturated/α-hetero) is 1. The minimum Gasteiger partial charge on any atom is -0.444 e. The smallest absolute Gasteiger partial charge is 0.444 e. The molecule has 0 saturated carbocycles. The Morgan fingerprint density at radius 1 is 1.26 bits per heavy atom. The topological polar surface area (TPSA) is 79.7 Å². The lowest BCUT2D eigenvalue weighted by atomic mass is 10.1. The summed E-state index contributed by atoms with van der Waals surface area (Å²) in [7, 11) is 3.40. The normalized spacial score (nSPS) is 15.7. The minimum absolute atomic E-state index is 0.0286. The highest BCUT2D eigenvalue weighted by Gasteiger charge is 2.42. The first-order chi connectivity index (χ1) is 14.2. The summed E-state index contributed by atoms with van der Waals surface area (Å²) >= 11 is 1.53. The number of hydrogen-bond acceptors (Lipinski definition) is 7. The van der Waals surface area contributed by atoms with E-state index < -0.39 is 35.5 Å². The molecule has 0 aromatic carbocycles. The third-order valence-corrected chi connectivity index (χ3v) is 5.13. The van der Waals surface area contributed by atoms with Crippen molar-refractivity contribution in [2.75, 3.05) is 32.6 Å². The molecular formula is C19H30F3N5O3S. The van der Waals surface area contributed by atoms with E-state index in [-0.39, 0.29) is 31.0 Å². The van der Waals surface area contributed by atoms with Crippen LogP contribution in [-0.2, 0) is 24.0 Å². The second-order valence-corrected chi connectivity index (χ2v) is 9.49. The number of alkyl halides is 3. The lowest BCUT2D eigenvalue weighted by Gasteiger charge is -2.31. The van der Waals surface area contributed by atoms with E-state index in [4.69, 9.17) is 4.74 Å². The second kappa shape index (κ2) is 9.78. The van der Waals surface area contributed by atoms with Crippen LogP contribution in [-0.4, -0.2) is 75.6 Å². The quantitative estimate of drug-likeness (QED) is 0.490. The number of ketones is 1. The van der Waals surface area contributed by atoms with Gasteiger partial charge in [-0.1, -0.05) is 0 Å². The number of amides is 1. The van der Waals surface area contributed by atoms with Gasteiger partial charge in [-0.3, -0.25) is 4.79 Å². The molecule has 2 heterocycles. The fraction of sp³-hybridized carbons (Fsp3) is 0.737. The SMILES string of the molecule is CSCC[C@H](NN(C)C)C(=O)c1nc(C(F)(F)F)n2c1CN(C(=O)OC(C)(C)C)CC2. The minimum atomic E-state index is -4.72. The number of hydrogen-bond donors (Lipinski definition) is 1. The van der Waals surface area contributed by atoms with E-state index in [1.165, 1.54) is 16.7 Å². The molecule has 31 heavy (non-hydrogen) atoms. The Bertz CT molecular complexity index is 805. The maximum Gasteiger partial charge on any atom is 0.449 e. The van der Waals surface area contributed by atoms with Crippen LogP contribution in [0.4, 0.5) is 18.0 Å². The van der Waals surface area contributed by atoms with E-state index in [0.717, 1.165) is 4.57 Å². The van der Waals surface area contributed by atoms with Crippen LogP contribution in [0.3, 0.4) is 0 Å². The Labute approximate surface area is 184 Å². The summed E-state index contributed by atoms with van der Waals surface area (Å²) in [5, 5.41) is 1.59. The molecule has 1 aromatic rings. The molecule has 1 aliphatic rings. The molecule has 0 unspecified atom stereocenters. The van der Waals surface area contributed by atoms with E-state index in [1.54, 1.807) is 39.9 Å². The zero-order chi connectivity index (χ0) is 23.6. The third-order valence-electron chi connectivity index (χ3n) is 4.49. The number of imidazole rings is 1. The third kappa shape index (κ3) is 6.59. The molecule has 1 aliphatic heterocycles. The van der Waals surface area contributed by atoms with E-state index >= 15 is 0 Å². The fourth-order valence-electron chi connectivity index (χ4n) is 3.23. The van der Waals surface area contributed by atoms with Gasteiger partial charge in [-0.05, 0) is 39.2 Å². The summed E-state index contributed by atoms with van der Waals surface area (Å²) in [6.07, 6.45) is -3.06. The van der Waals surface area contributed by atoms with Crippen molar-refractivity contribution in [3.05, 3.63) is 17.2 Å². The number of carbonyl (C=O) groups is 2. The first-order valence-electron chi connectivity index (χ1n) is 9.85. The molecule has 0 fully saturated rings. The van der Waals surface area contributed by atoms with Crippen molar-refractivity contribution < 1.29 is 27.5 Å². The summed E-state index contributed by atoms with van der Waals surface area (Å²) in [6.45, 7) is 4.84. The number of thioether (sulfide) groups is 1. The van der Waals surface area contributed by atoms with E-state index in [0.29, 0.717) is 12.2 Å². The predicted molar refractivity (Wildman–Crippen MR) is 112 cm³/mol. The molecule has 1 atom stereocenters. The van der Waals surface area contributed by atoms with Crippen molar-refractivity contribution in [1.82, 2.24) is 24.9 Å². The van der Waals surface area contributed by atoms with Crippen molar-refractivity contribution in [1.29, 1.82) is 0 Å². The average Bonchev–Trinajstić information content (AvgIpc) is 3.02. The summed E-state index contributed by atoms with van der Waals surface area (Å²) < 4.78 is 47.2. The van der Waals surface area contributed by atoms with Crippen LogP contribution in [0.15, 0.2) is 0 Å². The highest BCUT2D eigenvalue weighted by Crippen LogP contribution is 2.33. The predicted octanol–water partition coefficient (Wildman–Crippen LogP) is 3.02. The van der Waals surface area contributed by atoms with Crippen LogP contribution < -0.4 is 5.43 Å². The zero-order valence-electron chi connectivity index (χ0n) is 18.7. The van der Waals surface area contributed by atoms with Gasteiger partial charge in [-0.15, -0.1) is 0 Å². The Kier molecular flexibility index (Phi) is 8.04. The fourth-order valence-corrected chi connectivity index (χ4v) is 3.70. The Morgan fingerprint density at radius 2 is 1.90 bits per heavy atom. The van der Waals surface area contributed by atoms with Gasteiger partial charge < -0.3 is 14.2 Å². The van der Waals surface area contributed by atoms with Gasteiger partial charge in [0, 0.05) is 27.2 Å². The van der Waals surface area contributed by atoms with E-state index in [2.05, 4.69) is 10.4 Å². The number of carbonyl (C=O) groups excluding carboxylic acids is 2. The summed E-state index contributed by atoms with van der Waals surface area (Å²) in [6, 6.07) is -0.736. The standard InChI is InChI=1S/C19H30F3N5O3S/c1-18(2,3)30-17(29)26-8-9-27-13(11-26)14(23-16(27)19(20,21)22)15(28)12(7-10-31-6)24-25(4)5/h12,24H,7-11H2,1-6H3/t12-/m0/s1. The van der Waals surface area contributed by atoms with Crippen molar-refractivity contribution in [2.45, 2.75) is 58.1 Å². The van der Waals surface area contributed by atoms with Crippen LogP contribution in [0, 0.1) is 0 Å². The first-order valence-corrected chi connectivity index (χ1v) is 11.2. The van der Waals surface area contributed by atoms with Gasteiger partial charge >= 0.3 is 12.3 Å². The molecule has 0 radical (unpaired) electrons. The number of hydrazine groups is 1. The molecule has 0 bridgehead atoms. The lowest BCUT2D eigenvalue weighted by Crippen LogP contribution is -2.46. The molecule has 2 rings (SSSR count). The van der Waals surface area contributed by atoms with Gasteiger partial charge in [0.25, 0.3) is 0 Å². The number of rotatable bonds is 7.